The molecule has 3 heteroatoms. The molecule has 1 aromatic rings. The van der Waals surface area contributed by atoms with Gasteiger partial charge in [0.1, 0.15) is 0 Å². The number of carbonyl (C=O) groups is 1. The van der Waals surface area contributed by atoms with E-state index in [9.17, 15) is 4.79 Å². The van der Waals surface area contributed by atoms with Crippen molar-refractivity contribution in [2.24, 2.45) is 0 Å². The van der Waals surface area contributed by atoms with Crippen LogP contribution < -0.4 is 5.32 Å². The van der Waals surface area contributed by atoms with Crippen molar-refractivity contribution >= 4 is 5.91 Å². The summed E-state index contributed by atoms with van der Waals surface area (Å²) in [6, 6.07) is 8.43. The normalized spacial score (nSPS) is 15.3. The molecule has 0 aliphatic carbocycles. The van der Waals surface area contributed by atoms with Crippen LogP contribution in [0.25, 0.3) is 0 Å². The minimum atomic E-state index is 0.178. The van der Waals surface area contributed by atoms with E-state index in [1.165, 1.54) is 50.0 Å². The van der Waals surface area contributed by atoms with Gasteiger partial charge in [0.15, 0.2) is 0 Å². The number of nitrogens with one attached hydrogen (secondary N) is 1. The maximum absolute atomic E-state index is 11.8. The van der Waals surface area contributed by atoms with E-state index in [1.54, 1.807) is 0 Å². The van der Waals surface area contributed by atoms with Gasteiger partial charge in [-0.1, -0.05) is 29.8 Å². The molecule has 3 nitrogen and oxygen atoms in total. The Morgan fingerprint density at radius 1 is 1.14 bits per heavy atom. The summed E-state index contributed by atoms with van der Waals surface area (Å²) in [6.07, 6.45) is 6.42. The van der Waals surface area contributed by atoms with Gasteiger partial charge in [-0.25, -0.2) is 0 Å². The standard InChI is InChI=1S/C18H28N2O/c1-16-6-8-17(9-7-16)10-11-18(21)19-12-2-3-13-20-14-4-5-15-20/h6-9H,2-5,10-15H2,1H3,(H,19,21). The van der Waals surface area contributed by atoms with Gasteiger partial charge in [0.25, 0.3) is 0 Å². The molecule has 1 aliphatic heterocycles. The second-order valence-corrected chi connectivity index (χ2v) is 6.09. The van der Waals surface area contributed by atoms with Crippen LogP contribution in [0.3, 0.4) is 0 Å². The zero-order valence-corrected chi connectivity index (χ0v) is 13.2. The predicted octanol–water partition coefficient (Wildman–Crippen LogP) is 2.92. The van der Waals surface area contributed by atoms with Gasteiger partial charge in [0, 0.05) is 13.0 Å². The Bertz CT molecular complexity index is 421. The summed E-state index contributed by atoms with van der Waals surface area (Å²) in [5.41, 5.74) is 2.51. The number of carbonyl (C=O) groups excluding carboxylic acids is 1. The zero-order chi connectivity index (χ0) is 14.9. The monoisotopic (exact) mass is 288 g/mol. The number of hydrogen-bond donors (Lipinski definition) is 1. The molecule has 0 unspecified atom stereocenters. The first kappa shape index (κ1) is 16.0. The van der Waals surface area contributed by atoms with Crippen LogP contribution in [0.1, 0.15) is 43.2 Å². The second-order valence-electron chi connectivity index (χ2n) is 6.09. The Hall–Kier alpha value is -1.35. The molecule has 0 atom stereocenters. The third-order valence-electron chi connectivity index (χ3n) is 4.18. The third kappa shape index (κ3) is 6.30. The minimum absolute atomic E-state index is 0.178. The van der Waals surface area contributed by atoms with Crippen LogP contribution >= 0.6 is 0 Å². The van der Waals surface area contributed by atoms with Gasteiger partial charge in [0.05, 0.1) is 0 Å². The molecule has 1 fully saturated rings. The van der Waals surface area contributed by atoms with Crippen LogP contribution in [0.4, 0.5) is 0 Å². The molecule has 0 aromatic heterocycles. The van der Waals surface area contributed by atoms with Crippen molar-refractivity contribution in [2.45, 2.75) is 45.4 Å². The Balaban J connectivity index is 1.50. The molecule has 1 aliphatic rings. The van der Waals surface area contributed by atoms with Crippen molar-refractivity contribution in [2.75, 3.05) is 26.2 Å². The summed E-state index contributed by atoms with van der Waals surface area (Å²) in [5.74, 6) is 0.178. The molecule has 0 spiro atoms. The lowest BCUT2D eigenvalue weighted by atomic mass is 10.1. The summed E-state index contributed by atoms with van der Waals surface area (Å²) in [4.78, 5) is 14.3. The molecule has 0 bridgehead atoms. The molecule has 1 amide bonds. The van der Waals surface area contributed by atoms with Gasteiger partial charge in [-0.2, -0.15) is 0 Å². The van der Waals surface area contributed by atoms with Crippen molar-refractivity contribution in [1.82, 2.24) is 10.2 Å². The van der Waals surface area contributed by atoms with E-state index >= 15 is 0 Å². The van der Waals surface area contributed by atoms with Crippen molar-refractivity contribution in [3.63, 3.8) is 0 Å². The molecule has 21 heavy (non-hydrogen) atoms. The van der Waals surface area contributed by atoms with Crippen LogP contribution in [0, 0.1) is 6.92 Å². The van der Waals surface area contributed by atoms with E-state index in [-0.39, 0.29) is 5.91 Å². The lowest BCUT2D eigenvalue weighted by Gasteiger charge is -2.14. The number of aryl methyl sites for hydroxylation is 2. The number of likely N-dealkylation sites (tertiary alicyclic amines) is 1. The molecule has 116 valence electrons. The van der Waals surface area contributed by atoms with E-state index in [0.717, 1.165) is 19.4 Å². The van der Waals surface area contributed by atoms with E-state index in [0.29, 0.717) is 6.42 Å². The molecular formula is C18H28N2O. The van der Waals surface area contributed by atoms with Crippen LogP contribution in [0.2, 0.25) is 0 Å². The fourth-order valence-electron chi connectivity index (χ4n) is 2.80. The number of benzene rings is 1. The van der Waals surface area contributed by atoms with E-state index in [1.807, 2.05) is 0 Å². The lowest BCUT2D eigenvalue weighted by molar-refractivity contribution is -0.121. The van der Waals surface area contributed by atoms with Crippen LogP contribution in [-0.2, 0) is 11.2 Å². The Kier molecular flexibility index (Phi) is 6.74. The molecule has 2 rings (SSSR count). The van der Waals surface area contributed by atoms with Gasteiger partial charge in [-0.05, 0) is 64.2 Å². The first-order valence-corrected chi connectivity index (χ1v) is 8.28. The summed E-state index contributed by atoms with van der Waals surface area (Å²) >= 11 is 0. The maximum atomic E-state index is 11.8. The largest absolute Gasteiger partial charge is 0.356 e. The highest BCUT2D eigenvalue weighted by Gasteiger charge is 2.10. The predicted molar refractivity (Wildman–Crippen MR) is 87.4 cm³/mol. The maximum Gasteiger partial charge on any atom is 0.220 e. The van der Waals surface area contributed by atoms with Gasteiger partial charge >= 0.3 is 0 Å². The number of unbranched alkanes of at least 4 members (excludes halogenated alkanes) is 1. The number of rotatable bonds is 8. The highest BCUT2D eigenvalue weighted by Crippen LogP contribution is 2.08. The topological polar surface area (TPSA) is 32.3 Å². The summed E-state index contributed by atoms with van der Waals surface area (Å²) in [5, 5.41) is 3.03. The van der Waals surface area contributed by atoms with Gasteiger partial charge in [0.2, 0.25) is 5.91 Å². The van der Waals surface area contributed by atoms with Gasteiger partial charge < -0.3 is 10.2 Å². The Morgan fingerprint density at radius 2 is 1.86 bits per heavy atom. The average molecular weight is 288 g/mol. The summed E-state index contributed by atoms with van der Waals surface area (Å²) in [6.45, 7) is 6.63. The average Bonchev–Trinajstić information content (AvgIpc) is 2.99. The van der Waals surface area contributed by atoms with E-state index < -0.39 is 0 Å². The van der Waals surface area contributed by atoms with Gasteiger partial charge in [-0.3, -0.25) is 4.79 Å². The SMILES string of the molecule is Cc1ccc(CCC(=O)NCCCCN2CCCC2)cc1. The molecule has 0 radical (unpaired) electrons. The highest BCUT2D eigenvalue weighted by atomic mass is 16.1. The number of nitrogens with zero attached hydrogens (tertiary/aromatic N) is 1. The van der Waals surface area contributed by atoms with Gasteiger partial charge in [-0.15, -0.1) is 0 Å². The fraction of sp³-hybridized carbons (Fsp3) is 0.611. The Labute approximate surface area is 128 Å². The van der Waals surface area contributed by atoms with Crippen molar-refractivity contribution in [3.05, 3.63) is 35.4 Å². The zero-order valence-electron chi connectivity index (χ0n) is 13.2. The molecule has 1 N–H and O–H groups in total. The van der Waals surface area contributed by atoms with Crippen LogP contribution in [-0.4, -0.2) is 37.0 Å². The first-order valence-electron chi connectivity index (χ1n) is 8.28. The molecule has 0 saturated carbocycles. The van der Waals surface area contributed by atoms with Crippen molar-refractivity contribution in [1.29, 1.82) is 0 Å². The van der Waals surface area contributed by atoms with Crippen molar-refractivity contribution in [3.8, 4) is 0 Å². The number of hydrogen-bond acceptors (Lipinski definition) is 2. The fourth-order valence-corrected chi connectivity index (χ4v) is 2.80. The van der Waals surface area contributed by atoms with Crippen LogP contribution in [0.5, 0.6) is 0 Å². The Morgan fingerprint density at radius 3 is 2.57 bits per heavy atom. The quantitative estimate of drug-likeness (QED) is 0.746. The van der Waals surface area contributed by atoms with E-state index in [4.69, 9.17) is 0 Å². The third-order valence-corrected chi connectivity index (χ3v) is 4.18. The molecule has 1 aromatic carbocycles. The molecular weight excluding hydrogens is 260 g/mol. The smallest absolute Gasteiger partial charge is 0.220 e. The van der Waals surface area contributed by atoms with Crippen molar-refractivity contribution < 1.29 is 4.79 Å². The first-order chi connectivity index (χ1) is 10.2. The number of amides is 1. The highest BCUT2D eigenvalue weighted by molar-refractivity contribution is 5.76. The second kappa shape index (κ2) is 8.83. The minimum Gasteiger partial charge on any atom is -0.356 e. The molecule has 1 heterocycles. The summed E-state index contributed by atoms with van der Waals surface area (Å²) < 4.78 is 0. The summed E-state index contributed by atoms with van der Waals surface area (Å²) in [7, 11) is 0. The van der Waals surface area contributed by atoms with E-state index in [2.05, 4.69) is 41.4 Å². The lowest BCUT2D eigenvalue weighted by Crippen LogP contribution is -2.26. The van der Waals surface area contributed by atoms with Crippen LogP contribution in [0.15, 0.2) is 24.3 Å². The molecule has 1 saturated heterocycles.